The first-order chi connectivity index (χ1) is 12.7. The molecule has 0 fully saturated rings. The number of carbonyl (C=O) groups is 1. The SMILES string of the molecule is CN=C(NCc1cccc(C(=O)NC(C)(C)C)c1)N(C)Cc1csc(C)n1.I. The number of nitrogens with one attached hydrogen (secondary N) is 2. The molecular weight excluding hydrogens is 485 g/mol. The van der Waals surface area contributed by atoms with Gasteiger partial charge in [0.15, 0.2) is 5.96 Å². The second kappa shape index (κ2) is 10.8. The molecule has 1 aromatic carbocycles. The van der Waals surface area contributed by atoms with E-state index in [2.05, 4.69) is 26.0 Å². The lowest BCUT2D eigenvalue weighted by molar-refractivity contribution is 0.0919. The maximum absolute atomic E-state index is 12.4. The van der Waals surface area contributed by atoms with Crippen LogP contribution >= 0.6 is 35.3 Å². The molecule has 1 amide bonds. The monoisotopic (exact) mass is 515 g/mol. The van der Waals surface area contributed by atoms with Crippen molar-refractivity contribution < 1.29 is 4.79 Å². The van der Waals surface area contributed by atoms with Crippen molar-refractivity contribution in [1.29, 1.82) is 0 Å². The normalized spacial score (nSPS) is 11.6. The highest BCUT2D eigenvalue weighted by Gasteiger charge is 2.15. The number of aryl methyl sites for hydroxylation is 1. The van der Waals surface area contributed by atoms with Crippen LogP contribution in [0.5, 0.6) is 0 Å². The number of carbonyl (C=O) groups excluding carboxylic acids is 1. The Morgan fingerprint density at radius 1 is 1.32 bits per heavy atom. The first-order valence-corrected chi connectivity index (χ1v) is 9.80. The molecule has 6 nitrogen and oxygen atoms in total. The minimum Gasteiger partial charge on any atom is -0.352 e. The van der Waals surface area contributed by atoms with E-state index in [4.69, 9.17) is 0 Å². The topological polar surface area (TPSA) is 69.6 Å². The van der Waals surface area contributed by atoms with Crippen LogP contribution in [0.2, 0.25) is 0 Å². The second-order valence-corrected chi connectivity index (χ2v) is 8.58. The number of hydrogen-bond acceptors (Lipinski definition) is 4. The van der Waals surface area contributed by atoms with Gasteiger partial charge >= 0.3 is 0 Å². The summed E-state index contributed by atoms with van der Waals surface area (Å²) < 4.78 is 0. The molecule has 0 unspecified atom stereocenters. The Morgan fingerprint density at radius 3 is 2.61 bits per heavy atom. The van der Waals surface area contributed by atoms with Gasteiger partial charge in [0.2, 0.25) is 0 Å². The van der Waals surface area contributed by atoms with Gasteiger partial charge in [-0.3, -0.25) is 9.79 Å². The summed E-state index contributed by atoms with van der Waals surface area (Å²) in [5.74, 6) is 0.718. The van der Waals surface area contributed by atoms with E-state index in [0.717, 1.165) is 22.2 Å². The summed E-state index contributed by atoms with van der Waals surface area (Å²) in [6, 6.07) is 7.64. The van der Waals surface area contributed by atoms with Crippen LogP contribution in [0.3, 0.4) is 0 Å². The van der Waals surface area contributed by atoms with Crippen LogP contribution in [0.4, 0.5) is 0 Å². The molecule has 0 aliphatic carbocycles. The Bertz CT molecular complexity index is 813. The van der Waals surface area contributed by atoms with Crippen LogP contribution in [0.15, 0.2) is 34.6 Å². The van der Waals surface area contributed by atoms with Crippen LogP contribution in [-0.2, 0) is 13.1 Å². The summed E-state index contributed by atoms with van der Waals surface area (Å²) in [6.07, 6.45) is 0. The molecule has 0 atom stereocenters. The molecule has 154 valence electrons. The number of amides is 1. The molecule has 0 saturated heterocycles. The van der Waals surface area contributed by atoms with Crippen molar-refractivity contribution in [3.05, 3.63) is 51.5 Å². The van der Waals surface area contributed by atoms with Crippen LogP contribution in [0.25, 0.3) is 0 Å². The molecule has 8 heteroatoms. The average molecular weight is 515 g/mol. The van der Waals surface area contributed by atoms with E-state index in [1.807, 2.05) is 63.9 Å². The van der Waals surface area contributed by atoms with Gasteiger partial charge in [0.1, 0.15) is 0 Å². The molecule has 0 radical (unpaired) electrons. The lowest BCUT2D eigenvalue weighted by atomic mass is 10.1. The zero-order chi connectivity index (χ0) is 20.0. The van der Waals surface area contributed by atoms with Crippen molar-refractivity contribution >= 4 is 47.2 Å². The van der Waals surface area contributed by atoms with Gasteiger partial charge in [-0.05, 0) is 45.4 Å². The van der Waals surface area contributed by atoms with E-state index < -0.39 is 0 Å². The largest absolute Gasteiger partial charge is 0.352 e. The van der Waals surface area contributed by atoms with Gasteiger partial charge in [0.25, 0.3) is 5.91 Å². The number of aromatic nitrogens is 1. The number of aliphatic imine (C=N–C) groups is 1. The standard InChI is InChI=1S/C20H29N5OS.HI/c1-14-23-17(13-27-14)12-25(6)19(21-5)22-11-15-8-7-9-16(10-15)18(26)24-20(2,3)4;/h7-10,13H,11-12H2,1-6H3,(H,21,22)(H,24,26);1H. The van der Waals surface area contributed by atoms with Gasteiger partial charge in [-0.1, -0.05) is 12.1 Å². The molecule has 2 rings (SSSR count). The number of nitrogens with zero attached hydrogens (tertiary/aromatic N) is 3. The maximum Gasteiger partial charge on any atom is 0.251 e. The first-order valence-electron chi connectivity index (χ1n) is 8.92. The lowest BCUT2D eigenvalue weighted by Crippen LogP contribution is -2.40. The number of halogens is 1. The summed E-state index contributed by atoms with van der Waals surface area (Å²) >= 11 is 1.65. The Balaban J connectivity index is 0.00000392. The smallest absolute Gasteiger partial charge is 0.251 e. The Kier molecular flexibility index (Phi) is 9.35. The minimum atomic E-state index is -0.260. The van der Waals surface area contributed by atoms with E-state index in [9.17, 15) is 4.79 Å². The Hall–Kier alpha value is -1.68. The second-order valence-electron chi connectivity index (χ2n) is 7.52. The van der Waals surface area contributed by atoms with Crippen LogP contribution in [0.1, 0.15) is 47.4 Å². The fraction of sp³-hybridized carbons (Fsp3) is 0.450. The molecular formula is C20H30IN5OS. The molecule has 0 saturated carbocycles. The predicted molar refractivity (Wildman–Crippen MR) is 128 cm³/mol. The predicted octanol–water partition coefficient (Wildman–Crippen LogP) is 3.81. The fourth-order valence-corrected chi connectivity index (χ4v) is 3.20. The van der Waals surface area contributed by atoms with Crippen molar-refractivity contribution in [2.24, 2.45) is 4.99 Å². The van der Waals surface area contributed by atoms with E-state index in [1.54, 1.807) is 18.4 Å². The lowest BCUT2D eigenvalue weighted by Gasteiger charge is -2.22. The van der Waals surface area contributed by atoms with E-state index in [0.29, 0.717) is 18.7 Å². The van der Waals surface area contributed by atoms with Crippen LogP contribution in [-0.4, -0.2) is 41.4 Å². The highest BCUT2D eigenvalue weighted by atomic mass is 127. The zero-order valence-electron chi connectivity index (χ0n) is 17.4. The highest BCUT2D eigenvalue weighted by Crippen LogP contribution is 2.11. The van der Waals surface area contributed by atoms with E-state index in [-0.39, 0.29) is 35.4 Å². The highest BCUT2D eigenvalue weighted by molar-refractivity contribution is 14.0. The number of rotatable bonds is 5. The van der Waals surface area contributed by atoms with Gasteiger partial charge < -0.3 is 15.5 Å². The van der Waals surface area contributed by atoms with E-state index in [1.165, 1.54) is 0 Å². The summed E-state index contributed by atoms with van der Waals surface area (Å²) in [5.41, 5.74) is 2.45. The molecule has 0 bridgehead atoms. The molecule has 28 heavy (non-hydrogen) atoms. The maximum atomic E-state index is 12.4. The van der Waals surface area contributed by atoms with E-state index >= 15 is 0 Å². The molecule has 0 aliphatic rings. The number of hydrogen-bond donors (Lipinski definition) is 2. The van der Waals surface area contributed by atoms with Crippen molar-refractivity contribution in [2.75, 3.05) is 14.1 Å². The third-order valence-electron chi connectivity index (χ3n) is 3.77. The van der Waals surface area contributed by atoms with Gasteiger partial charge in [0, 0.05) is 37.1 Å². The number of guanidine groups is 1. The number of thiazole rings is 1. The van der Waals surface area contributed by atoms with Gasteiger partial charge in [-0.25, -0.2) is 4.98 Å². The molecule has 2 N–H and O–H groups in total. The average Bonchev–Trinajstić information content (AvgIpc) is 2.99. The molecule has 1 heterocycles. The van der Waals surface area contributed by atoms with Crippen molar-refractivity contribution in [3.63, 3.8) is 0 Å². The first kappa shape index (κ1) is 24.4. The van der Waals surface area contributed by atoms with Crippen LogP contribution in [0, 0.1) is 6.92 Å². The molecule has 0 aliphatic heterocycles. The zero-order valence-corrected chi connectivity index (χ0v) is 20.5. The number of benzene rings is 1. The summed E-state index contributed by atoms with van der Waals surface area (Å²) in [5, 5.41) is 9.46. The molecule has 2 aromatic rings. The quantitative estimate of drug-likeness (QED) is 0.361. The van der Waals surface area contributed by atoms with Gasteiger partial charge in [-0.15, -0.1) is 35.3 Å². The molecule has 0 spiro atoms. The van der Waals surface area contributed by atoms with Crippen molar-refractivity contribution in [3.8, 4) is 0 Å². The van der Waals surface area contributed by atoms with Gasteiger partial charge in [0.05, 0.1) is 17.2 Å². The minimum absolute atomic E-state index is 0. The fourth-order valence-electron chi connectivity index (χ4n) is 2.60. The summed E-state index contributed by atoms with van der Waals surface area (Å²) in [7, 11) is 3.75. The third-order valence-corrected chi connectivity index (χ3v) is 4.59. The molecule has 1 aromatic heterocycles. The third kappa shape index (κ3) is 7.75. The van der Waals surface area contributed by atoms with Crippen molar-refractivity contribution in [1.82, 2.24) is 20.5 Å². The van der Waals surface area contributed by atoms with Crippen LogP contribution < -0.4 is 10.6 Å². The summed E-state index contributed by atoms with van der Waals surface area (Å²) in [4.78, 5) is 23.2. The van der Waals surface area contributed by atoms with Gasteiger partial charge in [-0.2, -0.15) is 0 Å². The van der Waals surface area contributed by atoms with Crippen molar-refractivity contribution in [2.45, 2.75) is 46.3 Å². The Labute approximate surface area is 188 Å². The summed E-state index contributed by atoms with van der Waals surface area (Å²) in [6.45, 7) is 9.20. The Morgan fingerprint density at radius 2 is 2.04 bits per heavy atom.